The number of hydrogen-bond acceptors (Lipinski definition) is 5. The zero-order chi connectivity index (χ0) is 20.5. The zero-order valence-electron chi connectivity index (χ0n) is 16.4. The number of fused-ring (bicyclic) bond motifs is 1. The Morgan fingerprint density at radius 1 is 1.14 bits per heavy atom. The number of methoxy groups -OCH3 is 2. The van der Waals surface area contributed by atoms with Gasteiger partial charge in [0.15, 0.2) is 11.5 Å². The van der Waals surface area contributed by atoms with Crippen molar-refractivity contribution >= 4 is 21.6 Å². The summed E-state index contributed by atoms with van der Waals surface area (Å²) in [7, 11) is -0.217. The lowest BCUT2D eigenvalue weighted by atomic mass is 10.1. The van der Waals surface area contributed by atoms with Crippen LogP contribution < -0.4 is 19.1 Å². The molecule has 28 heavy (non-hydrogen) atoms. The summed E-state index contributed by atoms with van der Waals surface area (Å²) in [5.41, 5.74) is 2.88. The second-order valence-corrected chi connectivity index (χ2v) is 8.69. The number of nitrogens with zero attached hydrogens (tertiary/aromatic N) is 1. The summed E-state index contributed by atoms with van der Waals surface area (Å²) in [5.74, 6) is 1.01. The van der Waals surface area contributed by atoms with E-state index in [1.165, 1.54) is 10.6 Å². The SMILES string of the molecule is COc1ccc(CNC(=O)c2ccc3c(c2)CC(C)N3S(C)(=O)=O)cc1OC. The molecule has 0 spiro atoms. The molecule has 7 nitrogen and oxygen atoms in total. The number of carbonyl (C=O) groups is 1. The van der Waals surface area contributed by atoms with Crippen LogP contribution in [0.3, 0.4) is 0 Å². The van der Waals surface area contributed by atoms with E-state index in [4.69, 9.17) is 9.47 Å². The Bertz CT molecular complexity index is 1000. The molecule has 2 aromatic carbocycles. The summed E-state index contributed by atoms with van der Waals surface area (Å²) in [6, 6.07) is 10.4. The van der Waals surface area contributed by atoms with E-state index in [0.717, 1.165) is 11.1 Å². The lowest BCUT2D eigenvalue weighted by molar-refractivity contribution is 0.0951. The number of anilines is 1. The molecule has 1 amide bonds. The molecule has 1 heterocycles. The van der Waals surface area contributed by atoms with Gasteiger partial charge in [-0.25, -0.2) is 8.42 Å². The van der Waals surface area contributed by atoms with Crippen molar-refractivity contribution in [3.63, 3.8) is 0 Å². The van der Waals surface area contributed by atoms with Gasteiger partial charge < -0.3 is 14.8 Å². The third kappa shape index (κ3) is 3.91. The molecule has 1 atom stereocenters. The van der Waals surface area contributed by atoms with Crippen LogP contribution in [-0.4, -0.2) is 40.8 Å². The van der Waals surface area contributed by atoms with Crippen molar-refractivity contribution in [2.45, 2.75) is 25.9 Å². The van der Waals surface area contributed by atoms with Crippen molar-refractivity contribution in [1.82, 2.24) is 5.32 Å². The summed E-state index contributed by atoms with van der Waals surface area (Å²) < 4.78 is 35.9. The maximum Gasteiger partial charge on any atom is 0.251 e. The second-order valence-electron chi connectivity index (χ2n) is 6.83. The summed E-state index contributed by atoms with van der Waals surface area (Å²) in [6.07, 6.45) is 1.78. The molecular formula is C20H24N2O5S. The first-order valence-corrected chi connectivity index (χ1v) is 10.7. The van der Waals surface area contributed by atoms with Gasteiger partial charge in [-0.1, -0.05) is 6.07 Å². The van der Waals surface area contributed by atoms with Crippen LogP contribution in [-0.2, 0) is 23.0 Å². The van der Waals surface area contributed by atoms with E-state index in [0.29, 0.717) is 35.7 Å². The van der Waals surface area contributed by atoms with Crippen molar-refractivity contribution in [1.29, 1.82) is 0 Å². The van der Waals surface area contributed by atoms with Gasteiger partial charge in [-0.05, 0) is 54.8 Å². The van der Waals surface area contributed by atoms with Crippen molar-refractivity contribution in [2.24, 2.45) is 0 Å². The van der Waals surface area contributed by atoms with E-state index in [-0.39, 0.29) is 11.9 Å². The summed E-state index contributed by atoms with van der Waals surface area (Å²) in [6.45, 7) is 2.19. The van der Waals surface area contributed by atoms with Gasteiger partial charge >= 0.3 is 0 Å². The molecule has 150 valence electrons. The molecule has 0 saturated heterocycles. The Morgan fingerprint density at radius 3 is 2.50 bits per heavy atom. The molecule has 1 aliphatic rings. The molecular weight excluding hydrogens is 380 g/mol. The van der Waals surface area contributed by atoms with Gasteiger partial charge in [-0.3, -0.25) is 9.10 Å². The number of benzene rings is 2. The minimum absolute atomic E-state index is 0.157. The molecule has 0 fully saturated rings. The van der Waals surface area contributed by atoms with Gasteiger partial charge in [0.1, 0.15) is 0 Å². The first-order chi connectivity index (χ1) is 13.2. The monoisotopic (exact) mass is 404 g/mol. The summed E-state index contributed by atoms with van der Waals surface area (Å²) in [5, 5.41) is 2.88. The molecule has 1 unspecified atom stereocenters. The van der Waals surface area contributed by atoms with Crippen LogP contribution in [0.2, 0.25) is 0 Å². The first kappa shape index (κ1) is 20.0. The first-order valence-electron chi connectivity index (χ1n) is 8.86. The lowest BCUT2D eigenvalue weighted by Crippen LogP contribution is -2.34. The number of ether oxygens (including phenoxy) is 2. The van der Waals surface area contributed by atoms with E-state index in [2.05, 4.69) is 5.32 Å². The van der Waals surface area contributed by atoms with Crippen LogP contribution in [0.15, 0.2) is 36.4 Å². The molecule has 0 aromatic heterocycles. The number of nitrogens with one attached hydrogen (secondary N) is 1. The molecule has 3 rings (SSSR count). The fraction of sp³-hybridized carbons (Fsp3) is 0.350. The van der Waals surface area contributed by atoms with Crippen LogP contribution in [0, 0.1) is 0 Å². The van der Waals surface area contributed by atoms with Gasteiger partial charge in [-0.2, -0.15) is 0 Å². The van der Waals surface area contributed by atoms with Gasteiger partial charge in [0.05, 0.1) is 26.2 Å². The Morgan fingerprint density at radius 2 is 1.86 bits per heavy atom. The maximum atomic E-state index is 12.6. The minimum atomic E-state index is -3.35. The predicted octanol–water partition coefficient (Wildman–Crippen LogP) is 2.34. The van der Waals surface area contributed by atoms with Crippen LogP contribution in [0.25, 0.3) is 0 Å². The largest absolute Gasteiger partial charge is 0.493 e. The topological polar surface area (TPSA) is 84.9 Å². The van der Waals surface area contributed by atoms with Crippen LogP contribution in [0.1, 0.15) is 28.4 Å². The third-order valence-corrected chi connectivity index (χ3v) is 6.02. The Kier molecular flexibility index (Phi) is 5.51. The molecule has 0 bridgehead atoms. The van der Waals surface area contributed by atoms with Crippen molar-refractivity contribution < 1.29 is 22.7 Å². The molecule has 8 heteroatoms. The number of carbonyl (C=O) groups excluding carboxylic acids is 1. The standard InChI is InChI=1S/C20H24N2O5S/c1-13-9-16-11-15(6-7-17(16)22(13)28(4,24)25)20(23)21-12-14-5-8-18(26-2)19(10-14)27-3/h5-8,10-11,13H,9,12H2,1-4H3,(H,21,23). The van der Waals surface area contributed by atoms with E-state index < -0.39 is 10.0 Å². The number of sulfonamides is 1. The number of amides is 1. The van der Waals surface area contributed by atoms with Gasteiger partial charge in [0.25, 0.3) is 5.91 Å². The van der Waals surface area contributed by atoms with Gasteiger partial charge in [-0.15, -0.1) is 0 Å². The van der Waals surface area contributed by atoms with Crippen molar-refractivity contribution in [2.75, 3.05) is 24.8 Å². The Labute approximate surface area is 165 Å². The Balaban J connectivity index is 1.74. The molecule has 2 aromatic rings. The van der Waals surface area contributed by atoms with E-state index >= 15 is 0 Å². The fourth-order valence-corrected chi connectivity index (χ4v) is 4.79. The quantitative estimate of drug-likeness (QED) is 0.799. The molecule has 0 saturated carbocycles. The van der Waals surface area contributed by atoms with Crippen LogP contribution in [0.4, 0.5) is 5.69 Å². The summed E-state index contributed by atoms with van der Waals surface area (Å²) >= 11 is 0. The highest BCUT2D eigenvalue weighted by Gasteiger charge is 2.32. The number of rotatable bonds is 6. The zero-order valence-corrected chi connectivity index (χ0v) is 17.2. The average Bonchev–Trinajstić information content (AvgIpc) is 3.00. The summed E-state index contributed by atoms with van der Waals surface area (Å²) in [4.78, 5) is 12.6. The average molecular weight is 404 g/mol. The lowest BCUT2D eigenvalue weighted by Gasteiger charge is -2.21. The van der Waals surface area contributed by atoms with E-state index in [1.54, 1.807) is 38.5 Å². The molecule has 1 N–H and O–H groups in total. The van der Waals surface area contributed by atoms with Crippen molar-refractivity contribution in [3.8, 4) is 11.5 Å². The molecule has 0 aliphatic carbocycles. The Hall–Kier alpha value is -2.74. The molecule has 0 radical (unpaired) electrons. The van der Waals surface area contributed by atoms with Crippen LogP contribution in [0.5, 0.6) is 11.5 Å². The van der Waals surface area contributed by atoms with E-state index in [1.807, 2.05) is 19.1 Å². The number of hydrogen-bond donors (Lipinski definition) is 1. The highest BCUT2D eigenvalue weighted by Crippen LogP contribution is 2.34. The minimum Gasteiger partial charge on any atom is -0.493 e. The normalized spacial score (nSPS) is 15.9. The van der Waals surface area contributed by atoms with E-state index in [9.17, 15) is 13.2 Å². The fourth-order valence-electron chi connectivity index (χ4n) is 3.52. The third-order valence-electron chi connectivity index (χ3n) is 4.75. The van der Waals surface area contributed by atoms with Gasteiger partial charge in [0.2, 0.25) is 10.0 Å². The molecule has 1 aliphatic heterocycles. The van der Waals surface area contributed by atoms with Gasteiger partial charge in [0, 0.05) is 18.2 Å². The second kappa shape index (κ2) is 7.71. The van der Waals surface area contributed by atoms with Crippen molar-refractivity contribution in [3.05, 3.63) is 53.1 Å². The highest BCUT2D eigenvalue weighted by atomic mass is 32.2. The maximum absolute atomic E-state index is 12.6. The predicted molar refractivity (Wildman–Crippen MR) is 108 cm³/mol. The highest BCUT2D eigenvalue weighted by molar-refractivity contribution is 7.92. The van der Waals surface area contributed by atoms with Crippen LogP contribution >= 0.6 is 0 Å². The smallest absolute Gasteiger partial charge is 0.251 e.